The zero-order chi connectivity index (χ0) is 18.7. The van der Waals surface area contributed by atoms with Crippen molar-refractivity contribution in [3.05, 3.63) is 68.0 Å². The van der Waals surface area contributed by atoms with Crippen LogP contribution < -0.4 is 16.6 Å². The first-order valence-electron chi connectivity index (χ1n) is 8.09. The molecule has 136 valence electrons. The van der Waals surface area contributed by atoms with Crippen molar-refractivity contribution in [2.24, 2.45) is 0 Å². The maximum absolute atomic E-state index is 12.7. The van der Waals surface area contributed by atoms with Gasteiger partial charge in [-0.05, 0) is 17.5 Å². The Morgan fingerprint density at radius 3 is 2.65 bits per heavy atom. The maximum atomic E-state index is 12.7. The van der Waals surface area contributed by atoms with E-state index in [1.165, 1.54) is 5.56 Å². The maximum Gasteiger partial charge on any atom is 0.325 e. The molecule has 0 fully saturated rings. The summed E-state index contributed by atoms with van der Waals surface area (Å²) in [6, 6.07) is 6.58. The summed E-state index contributed by atoms with van der Waals surface area (Å²) in [6.45, 7) is 0.256. The second kappa shape index (κ2) is 7.36. The van der Waals surface area contributed by atoms with Gasteiger partial charge in [0.1, 0.15) is 11.6 Å². The van der Waals surface area contributed by atoms with Gasteiger partial charge in [-0.2, -0.15) is 0 Å². The molecule has 0 aliphatic carbocycles. The van der Waals surface area contributed by atoms with Gasteiger partial charge in [-0.3, -0.25) is 19.4 Å². The molecule has 9 heteroatoms. The Morgan fingerprint density at radius 2 is 1.96 bits per heavy atom. The number of fused-ring (bicyclic) bond motifs is 1. The van der Waals surface area contributed by atoms with Gasteiger partial charge in [-0.25, -0.2) is 4.79 Å². The van der Waals surface area contributed by atoms with E-state index in [-0.39, 0.29) is 5.56 Å². The van der Waals surface area contributed by atoms with E-state index in [1.807, 2.05) is 29.2 Å². The molecule has 2 aromatic rings. The lowest BCUT2D eigenvalue weighted by molar-refractivity contribution is -0.135. The smallest absolute Gasteiger partial charge is 0.325 e. The second-order valence-corrected chi connectivity index (χ2v) is 5.97. The van der Waals surface area contributed by atoms with Gasteiger partial charge in [0.05, 0.1) is 6.61 Å². The topological polar surface area (TPSA) is 135 Å². The van der Waals surface area contributed by atoms with E-state index < -0.39 is 35.7 Å². The lowest BCUT2D eigenvalue weighted by Crippen LogP contribution is -2.52. The molecule has 26 heavy (non-hydrogen) atoms. The third-order valence-corrected chi connectivity index (χ3v) is 4.29. The van der Waals surface area contributed by atoms with E-state index in [4.69, 9.17) is 0 Å². The quantitative estimate of drug-likeness (QED) is 0.541. The SMILES string of the molecule is O=C(N[C@@H](CO)C(=O)N1CCc2ccccc2C1)c1c[nH]c(=O)[nH]c1=O. The first kappa shape index (κ1) is 17.6. The standard InChI is InChI=1S/C17H18N4O5/c22-9-13(19-14(23)12-7-18-17(26)20-15(12)24)16(25)21-6-5-10-3-1-2-4-11(10)8-21/h1-4,7,13,22H,5-6,8-9H2,(H,19,23)(H2,18,20,24,26)/t13-/m0/s1. The molecule has 1 aliphatic rings. The summed E-state index contributed by atoms with van der Waals surface area (Å²) in [4.78, 5) is 53.2. The minimum Gasteiger partial charge on any atom is -0.394 e. The van der Waals surface area contributed by atoms with Crippen molar-refractivity contribution >= 4 is 11.8 Å². The Hall–Kier alpha value is -3.20. The molecule has 0 unspecified atom stereocenters. The molecule has 0 bridgehead atoms. The predicted octanol–water partition coefficient (Wildman–Crippen LogP) is -1.26. The number of aliphatic hydroxyl groups excluding tert-OH is 1. The van der Waals surface area contributed by atoms with Crippen LogP contribution in [0.2, 0.25) is 0 Å². The number of carbonyl (C=O) groups excluding carboxylic acids is 2. The van der Waals surface area contributed by atoms with Crippen molar-refractivity contribution in [3.63, 3.8) is 0 Å². The third-order valence-electron chi connectivity index (χ3n) is 4.29. The van der Waals surface area contributed by atoms with Crippen LogP contribution in [0.1, 0.15) is 21.5 Å². The molecule has 0 spiro atoms. The van der Waals surface area contributed by atoms with E-state index in [2.05, 4.69) is 10.3 Å². The predicted molar refractivity (Wildman–Crippen MR) is 91.6 cm³/mol. The van der Waals surface area contributed by atoms with Crippen molar-refractivity contribution in [3.8, 4) is 0 Å². The molecule has 0 saturated carbocycles. The van der Waals surface area contributed by atoms with Crippen molar-refractivity contribution in [1.29, 1.82) is 0 Å². The number of rotatable bonds is 4. The summed E-state index contributed by atoms with van der Waals surface area (Å²) in [5.41, 5.74) is 0.226. The van der Waals surface area contributed by atoms with Gasteiger partial charge in [0.25, 0.3) is 11.5 Å². The normalized spacial score (nSPS) is 14.4. The molecule has 1 atom stereocenters. The highest BCUT2D eigenvalue weighted by atomic mass is 16.3. The van der Waals surface area contributed by atoms with Gasteiger partial charge in [-0.15, -0.1) is 0 Å². The first-order valence-corrected chi connectivity index (χ1v) is 8.09. The number of H-pyrrole nitrogens is 2. The zero-order valence-electron chi connectivity index (χ0n) is 13.8. The van der Waals surface area contributed by atoms with Crippen LogP contribution >= 0.6 is 0 Å². The number of nitrogens with one attached hydrogen (secondary N) is 3. The summed E-state index contributed by atoms with van der Waals surface area (Å²) in [6.07, 6.45) is 1.65. The average molecular weight is 358 g/mol. The van der Waals surface area contributed by atoms with Crippen LogP contribution in [-0.2, 0) is 17.8 Å². The van der Waals surface area contributed by atoms with Gasteiger partial charge in [0, 0.05) is 19.3 Å². The number of aromatic nitrogens is 2. The lowest BCUT2D eigenvalue weighted by atomic mass is 9.99. The van der Waals surface area contributed by atoms with Crippen LogP contribution in [0.25, 0.3) is 0 Å². The monoisotopic (exact) mass is 358 g/mol. The van der Waals surface area contributed by atoms with E-state index in [0.717, 1.165) is 11.8 Å². The molecule has 9 nitrogen and oxygen atoms in total. The van der Waals surface area contributed by atoms with Gasteiger partial charge < -0.3 is 20.3 Å². The number of amides is 2. The molecule has 1 aromatic heterocycles. The van der Waals surface area contributed by atoms with Crippen LogP contribution in [0, 0.1) is 0 Å². The number of hydrogen-bond acceptors (Lipinski definition) is 5. The van der Waals surface area contributed by atoms with Crippen molar-refractivity contribution < 1.29 is 14.7 Å². The fraction of sp³-hybridized carbons (Fsp3) is 0.294. The fourth-order valence-electron chi connectivity index (χ4n) is 2.90. The van der Waals surface area contributed by atoms with Gasteiger partial charge >= 0.3 is 5.69 Å². The number of aromatic amines is 2. The Morgan fingerprint density at radius 1 is 1.23 bits per heavy atom. The average Bonchev–Trinajstić information content (AvgIpc) is 2.65. The molecular weight excluding hydrogens is 340 g/mol. The molecule has 0 radical (unpaired) electrons. The highest BCUT2D eigenvalue weighted by Crippen LogP contribution is 2.19. The highest BCUT2D eigenvalue weighted by molar-refractivity contribution is 5.97. The summed E-state index contributed by atoms with van der Waals surface area (Å²) in [5, 5.41) is 11.9. The molecule has 2 amide bonds. The van der Waals surface area contributed by atoms with Gasteiger partial charge in [0.2, 0.25) is 5.91 Å². The molecule has 2 heterocycles. The number of hydrogen-bond donors (Lipinski definition) is 4. The molecule has 4 N–H and O–H groups in total. The van der Waals surface area contributed by atoms with Crippen LogP contribution in [0.5, 0.6) is 0 Å². The molecule has 1 aromatic carbocycles. The first-order chi connectivity index (χ1) is 12.5. The van der Waals surface area contributed by atoms with Gasteiger partial charge in [0.15, 0.2) is 0 Å². The molecule has 3 rings (SSSR count). The Bertz CT molecular complexity index is 948. The Kier molecular flexibility index (Phi) is 4.99. The number of benzene rings is 1. The highest BCUT2D eigenvalue weighted by Gasteiger charge is 2.28. The fourth-order valence-corrected chi connectivity index (χ4v) is 2.90. The lowest BCUT2D eigenvalue weighted by Gasteiger charge is -2.31. The van der Waals surface area contributed by atoms with E-state index in [9.17, 15) is 24.3 Å². The van der Waals surface area contributed by atoms with Crippen LogP contribution in [0.3, 0.4) is 0 Å². The Balaban J connectivity index is 1.72. The van der Waals surface area contributed by atoms with Gasteiger partial charge in [-0.1, -0.05) is 24.3 Å². The summed E-state index contributed by atoms with van der Waals surface area (Å²) < 4.78 is 0. The summed E-state index contributed by atoms with van der Waals surface area (Å²) in [7, 11) is 0. The molecule has 0 saturated heterocycles. The van der Waals surface area contributed by atoms with E-state index >= 15 is 0 Å². The third kappa shape index (κ3) is 3.57. The van der Waals surface area contributed by atoms with Crippen molar-refractivity contribution in [2.75, 3.05) is 13.2 Å². The van der Waals surface area contributed by atoms with Crippen molar-refractivity contribution in [1.82, 2.24) is 20.2 Å². The summed E-state index contributed by atoms with van der Waals surface area (Å²) >= 11 is 0. The minimum absolute atomic E-state index is 0.347. The summed E-state index contributed by atoms with van der Waals surface area (Å²) in [5.74, 6) is -1.29. The molecule has 1 aliphatic heterocycles. The van der Waals surface area contributed by atoms with Crippen LogP contribution in [0.4, 0.5) is 0 Å². The number of nitrogens with zero attached hydrogens (tertiary/aromatic N) is 1. The van der Waals surface area contributed by atoms with Crippen LogP contribution in [0.15, 0.2) is 40.1 Å². The number of aliphatic hydroxyl groups is 1. The van der Waals surface area contributed by atoms with E-state index in [0.29, 0.717) is 19.5 Å². The second-order valence-electron chi connectivity index (χ2n) is 5.97. The zero-order valence-corrected chi connectivity index (χ0v) is 13.8. The van der Waals surface area contributed by atoms with Crippen molar-refractivity contribution in [2.45, 2.75) is 19.0 Å². The minimum atomic E-state index is -1.18. The number of carbonyl (C=O) groups is 2. The van der Waals surface area contributed by atoms with E-state index in [1.54, 1.807) is 4.90 Å². The largest absolute Gasteiger partial charge is 0.394 e. The Labute approximate surface area is 147 Å². The molecular formula is C17H18N4O5. The van der Waals surface area contributed by atoms with Crippen LogP contribution in [-0.4, -0.2) is 51.0 Å².